The summed E-state index contributed by atoms with van der Waals surface area (Å²) in [5.41, 5.74) is -1.88. The van der Waals surface area contributed by atoms with Crippen molar-refractivity contribution >= 4 is 0 Å². The van der Waals surface area contributed by atoms with Gasteiger partial charge in [-0.15, -0.1) is 10.2 Å². The van der Waals surface area contributed by atoms with Gasteiger partial charge in [-0.2, -0.15) is 13.2 Å². The number of rotatable bonds is 3. The molecule has 17 heavy (non-hydrogen) atoms. The lowest BCUT2D eigenvalue weighted by molar-refractivity contribution is -0.188. The molecule has 0 amide bonds. The van der Waals surface area contributed by atoms with E-state index in [9.17, 15) is 13.2 Å². The van der Waals surface area contributed by atoms with Crippen LogP contribution in [0.3, 0.4) is 0 Å². The first-order valence-corrected chi connectivity index (χ1v) is 5.67. The second-order valence-electron chi connectivity index (χ2n) is 4.35. The molecule has 2 heterocycles. The van der Waals surface area contributed by atoms with Gasteiger partial charge in [0, 0.05) is 13.1 Å². The highest BCUT2D eigenvalue weighted by molar-refractivity contribution is 5.16. The largest absolute Gasteiger partial charge is 0.402 e. The van der Waals surface area contributed by atoms with Gasteiger partial charge in [0.15, 0.2) is 0 Å². The smallest absolute Gasteiger partial charge is 0.317 e. The highest BCUT2D eigenvalue weighted by Gasteiger charge is 2.60. The predicted octanol–water partition coefficient (Wildman–Crippen LogP) is 1.48. The van der Waals surface area contributed by atoms with Crippen molar-refractivity contribution in [2.24, 2.45) is 0 Å². The Morgan fingerprint density at radius 3 is 2.82 bits per heavy atom. The first-order chi connectivity index (χ1) is 8.01. The maximum absolute atomic E-state index is 13.3. The van der Waals surface area contributed by atoms with E-state index in [0.29, 0.717) is 13.1 Å². The number of nitrogens with zero attached hydrogens (tertiary/aromatic N) is 3. The van der Waals surface area contributed by atoms with E-state index in [0.717, 1.165) is 6.42 Å². The molecule has 7 heteroatoms. The molecule has 96 valence electrons. The molecule has 1 aromatic heterocycles. The summed E-state index contributed by atoms with van der Waals surface area (Å²) >= 11 is 0. The quantitative estimate of drug-likeness (QED) is 0.881. The third-order valence-corrected chi connectivity index (χ3v) is 3.21. The molecule has 0 saturated carbocycles. The Kier molecular flexibility index (Phi) is 3.11. The third-order valence-electron chi connectivity index (χ3n) is 3.21. The molecule has 1 aliphatic rings. The van der Waals surface area contributed by atoms with Crippen molar-refractivity contribution in [3.63, 3.8) is 0 Å². The molecule has 0 aromatic carbocycles. The zero-order chi connectivity index (χ0) is 12.5. The van der Waals surface area contributed by atoms with Crippen LogP contribution in [0.25, 0.3) is 0 Å². The topological polar surface area (TPSA) is 42.7 Å². The fraction of sp³-hybridized carbons (Fsp3) is 0.800. The summed E-state index contributed by atoms with van der Waals surface area (Å²) in [5, 5.41) is 10.1. The second-order valence-corrected chi connectivity index (χ2v) is 4.35. The maximum atomic E-state index is 13.3. The predicted molar refractivity (Wildman–Crippen MR) is 55.5 cm³/mol. The minimum Gasteiger partial charge on any atom is -0.317 e. The number of aryl methyl sites for hydroxylation is 1. The van der Waals surface area contributed by atoms with Crippen LogP contribution >= 0.6 is 0 Å². The molecule has 1 saturated heterocycles. The third kappa shape index (κ3) is 1.92. The number of hydrogen-bond acceptors (Lipinski definition) is 3. The Morgan fingerprint density at radius 1 is 1.53 bits per heavy atom. The van der Waals surface area contributed by atoms with Gasteiger partial charge in [-0.25, -0.2) is 0 Å². The average molecular weight is 248 g/mol. The Balaban J connectivity index is 2.43. The van der Waals surface area contributed by atoms with Crippen molar-refractivity contribution < 1.29 is 13.2 Å². The van der Waals surface area contributed by atoms with Crippen LogP contribution in [0, 0.1) is 0 Å². The first kappa shape index (κ1) is 12.3. The average Bonchev–Trinajstić information content (AvgIpc) is 2.83. The number of halogens is 3. The Hall–Kier alpha value is -1.11. The highest BCUT2D eigenvalue weighted by atomic mass is 19.4. The minimum absolute atomic E-state index is 0.0267. The Morgan fingerprint density at radius 2 is 2.29 bits per heavy atom. The molecule has 1 atom stereocenters. The summed E-state index contributed by atoms with van der Waals surface area (Å²) in [6.07, 6.45) is -2.13. The fourth-order valence-electron chi connectivity index (χ4n) is 2.28. The van der Waals surface area contributed by atoms with Crippen LogP contribution < -0.4 is 5.32 Å². The molecule has 1 fully saturated rings. The minimum atomic E-state index is -4.30. The van der Waals surface area contributed by atoms with Crippen LogP contribution in [0.4, 0.5) is 13.2 Å². The van der Waals surface area contributed by atoms with Crippen LogP contribution in [-0.2, 0) is 12.0 Å². The summed E-state index contributed by atoms with van der Waals surface area (Å²) in [6, 6.07) is 0. The molecule has 0 bridgehead atoms. The molecule has 0 spiro atoms. The second kappa shape index (κ2) is 4.29. The van der Waals surface area contributed by atoms with E-state index in [1.54, 1.807) is 0 Å². The van der Waals surface area contributed by atoms with Gasteiger partial charge >= 0.3 is 6.18 Å². The zero-order valence-corrected chi connectivity index (χ0v) is 9.59. The number of hydrogen-bond donors (Lipinski definition) is 1. The van der Waals surface area contributed by atoms with Gasteiger partial charge in [0.25, 0.3) is 0 Å². The van der Waals surface area contributed by atoms with Crippen LogP contribution in [0.1, 0.15) is 25.6 Å². The van der Waals surface area contributed by atoms with Crippen LogP contribution in [-0.4, -0.2) is 34.0 Å². The lowest BCUT2D eigenvalue weighted by Crippen LogP contribution is -2.46. The van der Waals surface area contributed by atoms with E-state index in [-0.39, 0.29) is 18.8 Å². The van der Waals surface area contributed by atoms with Crippen LogP contribution in [0.5, 0.6) is 0 Å². The lowest BCUT2D eigenvalue weighted by Gasteiger charge is -2.30. The van der Waals surface area contributed by atoms with E-state index in [1.165, 1.54) is 10.9 Å². The van der Waals surface area contributed by atoms with Crippen molar-refractivity contribution in [2.75, 3.05) is 13.1 Å². The van der Waals surface area contributed by atoms with Gasteiger partial charge in [-0.3, -0.25) is 0 Å². The van der Waals surface area contributed by atoms with Crippen molar-refractivity contribution in [1.82, 2.24) is 20.1 Å². The molecule has 1 unspecified atom stereocenters. The van der Waals surface area contributed by atoms with Crippen molar-refractivity contribution in [2.45, 2.75) is 37.9 Å². The van der Waals surface area contributed by atoms with Gasteiger partial charge in [0.1, 0.15) is 17.6 Å². The van der Waals surface area contributed by atoms with E-state index in [4.69, 9.17) is 0 Å². The fourth-order valence-corrected chi connectivity index (χ4v) is 2.28. The lowest BCUT2D eigenvalue weighted by atomic mass is 9.85. The highest BCUT2D eigenvalue weighted by Crippen LogP contribution is 2.44. The molecular formula is C10H15F3N4. The van der Waals surface area contributed by atoms with E-state index in [1.807, 2.05) is 6.92 Å². The zero-order valence-electron chi connectivity index (χ0n) is 9.59. The number of nitrogens with one attached hydrogen (secondary N) is 1. The molecule has 1 N–H and O–H groups in total. The van der Waals surface area contributed by atoms with Crippen molar-refractivity contribution in [1.29, 1.82) is 0 Å². The molecule has 4 nitrogen and oxygen atoms in total. The molecule has 1 aliphatic heterocycles. The van der Waals surface area contributed by atoms with Crippen LogP contribution in [0.15, 0.2) is 6.33 Å². The van der Waals surface area contributed by atoms with Crippen molar-refractivity contribution in [3.8, 4) is 0 Å². The van der Waals surface area contributed by atoms with Crippen molar-refractivity contribution in [3.05, 3.63) is 12.2 Å². The monoisotopic (exact) mass is 248 g/mol. The maximum Gasteiger partial charge on any atom is 0.402 e. The van der Waals surface area contributed by atoms with E-state index >= 15 is 0 Å². The first-order valence-electron chi connectivity index (χ1n) is 5.67. The summed E-state index contributed by atoms with van der Waals surface area (Å²) in [7, 11) is 0. The van der Waals surface area contributed by atoms with E-state index in [2.05, 4.69) is 15.5 Å². The molecule has 1 aromatic rings. The number of aromatic nitrogens is 3. The summed E-state index contributed by atoms with van der Waals surface area (Å²) in [6.45, 7) is 2.68. The molecule has 2 rings (SSSR count). The summed E-state index contributed by atoms with van der Waals surface area (Å²) in [5.74, 6) is 0.0388. The van der Waals surface area contributed by atoms with Crippen LogP contribution in [0.2, 0.25) is 0 Å². The standard InChI is InChI=1S/C10H15F3N4/c1-2-5-17-7-15-16-8(17)9(10(11,12)13)3-4-14-6-9/h7,14H,2-6H2,1H3. The molecule has 0 aliphatic carbocycles. The summed E-state index contributed by atoms with van der Waals surface area (Å²) < 4.78 is 41.3. The Labute approximate surface area is 97.2 Å². The normalized spacial score (nSPS) is 25.4. The van der Waals surface area contributed by atoms with Gasteiger partial charge in [-0.05, 0) is 19.4 Å². The molecule has 0 radical (unpaired) electrons. The number of alkyl halides is 3. The van der Waals surface area contributed by atoms with Gasteiger partial charge < -0.3 is 9.88 Å². The van der Waals surface area contributed by atoms with Gasteiger partial charge in [-0.1, -0.05) is 6.92 Å². The SMILES string of the molecule is CCCn1cnnc1C1(C(F)(F)F)CCNC1. The molecular weight excluding hydrogens is 233 g/mol. The summed E-state index contributed by atoms with van der Waals surface area (Å²) in [4.78, 5) is 0. The van der Waals surface area contributed by atoms with E-state index < -0.39 is 11.6 Å². The Bertz CT molecular complexity index is 379. The van der Waals surface area contributed by atoms with Gasteiger partial charge in [0.2, 0.25) is 0 Å². The van der Waals surface area contributed by atoms with Gasteiger partial charge in [0.05, 0.1) is 0 Å².